The number of carboxylic acid groups (broad SMARTS) is 1. The SMILES string of the molecule is NC(CCSCCC(c1ccc(-c2ccc(O)cc2Cl)cc1)C(F)(F)F)C(=O)O. The van der Waals surface area contributed by atoms with Gasteiger partial charge in [-0.05, 0) is 53.7 Å². The number of rotatable bonds is 9. The molecule has 2 rings (SSSR count). The van der Waals surface area contributed by atoms with Crippen molar-refractivity contribution in [1.29, 1.82) is 0 Å². The van der Waals surface area contributed by atoms with Crippen molar-refractivity contribution in [3.8, 4) is 16.9 Å². The second-order valence-corrected chi connectivity index (χ2v) is 8.15. The first-order valence-corrected chi connectivity index (χ1v) is 10.3. The van der Waals surface area contributed by atoms with E-state index in [0.717, 1.165) is 0 Å². The lowest BCUT2D eigenvalue weighted by atomic mass is 9.93. The number of phenols is 1. The third kappa shape index (κ3) is 6.83. The molecule has 2 unspecified atom stereocenters. The minimum atomic E-state index is -4.39. The van der Waals surface area contributed by atoms with Crippen LogP contribution in [0.1, 0.15) is 24.3 Å². The van der Waals surface area contributed by atoms with E-state index in [1.807, 2.05) is 0 Å². The molecule has 0 saturated heterocycles. The molecule has 2 atom stereocenters. The predicted octanol–water partition coefficient (Wildman–Crippen LogP) is 5.28. The van der Waals surface area contributed by atoms with Gasteiger partial charge in [-0.25, -0.2) is 0 Å². The molecular formula is C20H21ClF3NO3S. The molecule has 4 N–H and O–H groups in total. The van der Waals surface area contributed by atoms with Crippen molar-refractivity contribution in [1.82, 2.24) is 0 Å². The molecule has 0 aliphatic rings. The van der Waals surface area contributed by atoms with Gasteiger partial charge in [-0.2, -0.15) is 24.9 Å². The zero-order valence-corrected chi connectivity index (χ0v) is 16.9. The third-order valence-electron chi connectivity index (χ3n) is 4.41. The largest absolute Gasteiger partial charge is 0.508 e. The summed E-state index contributed by atoms with van der Waals surface area (Å²) in [5.41, 5.74) is 6.80. The van der Waals surface area contributed by atoms with Crippen LogP contribution in [0.2, 0.25) is 5.02 Å². The van der Waals surface area contributed by atoms with E-state index in [1.165, 1.54) is 36.0 Å². The number of hydrogen-bond donors (Lipinski definition) is 3. The van der Waals surface area contributed by atoms with E-state index in [2.05, 4.69) is 0 Å². The average molecular weight is 448 g/mol. The molecule has 0 aliphatic carbocycles. The summed E-state index contributed by atoms with van der Waals surface area (Å²) < 4.78 is 40.6. The summed E-state index contributed by atoms with van der Waals surface area (Å²) in [6.07, 6.45) is -4.30. The number of halogens is 4. The zero-order valence-electron chi connectivity index (χ0n) is 15.3. The van der Waals surface area contributed by atoms with Gasteiger partial charge in [0.25, 0.3) is 0 Å². The maximum atomic E-state index is 13.5. The number of aromatic hydroxyl groups is 1. The Morgan fingerprint density at radius 2 is 1.72 bits per heavy atom. The fourth-order valence-corrected chi connectivity index (χ4v) is 4.10. The van der Waals surface area contributed by atoms with Crippen LogP contribution in [0.15, 0.2) is 42.5 Å². The Hall–Kier alpha value is -1.90. The van der Waals surface area contributed by atoms with Crippen LogP contribution in [0.5, 0.6) is 5.75 Å². The molecule has 158 valence electrons. The van der Waals surface area contributed by atoms with Gasteiger partial charge in [0.1, 0.15) is 11.8 Å². The van der Waals surface area contributed by atoms with Gasteiger partial charge >= 0.3 is 12.1 Å². The molecule has 29 heavy (non-hydrogen) atoms. The molecule has 0 aliphatic heterocycles. The van der Waals surface area contributed by atoms with Gasteiger partial charge in [-0.3, -0.25) is 4.79 Å². The molecule has 0 saturated carbocycles. The number of nitrogens with two attached hydrogens (primary N) is 1. The smallest absolute Gasteiger partial charge is 0.395 e. The standard InChI is InChI=1S/C20H21ClF3NO3S/c21-17-11-14(26)5-6-15(17)12-1-3-13(4-2-12)16(20(22,23)24)7-9-29-10-8-18(25)19(27)28/h1-6,11,16,18,26H,7-10,25H2,(H,27,28). The van der Waals surface area contributed by atoms with Gasteiger partial charge in [-0.15, -0.1) is 0 Å². The van der Waals surface area contributed by atoms with Crippen LogP contribution in [0, 0.1) is 0 Å². The van der Waals surface area contributed by atoms with Crippen LogP contribution in [-0.2, 0) is 4.79 Å². The number of benzene rings is 2. The van der Waals surface area contributed by atoms with Crippen LogP contribution in [0.3, 0.4) is 0 Å². The van der Waals surface area contributed by atoms with Crippen LogP contribution in [0.4, 0.5) is 13.2 Å². The summed E-state index contributed by atoms with van der Waals surface area (Å²) in [6, 6.07) is 9.45. The minimum absolute atomic E-state index is 0.00863. The van der Waals surface area contributed by atoms with Crippen LogP contribution < -0.4 is 5.73 Å². The number of hydrogen-bond acceptors (Lipinski definition) is 4. The Balaban J connectivity index is 2.04. The summed E-state index contributed by atoms with van der Waals surface area (Å²) in [7, 11) is 0. The number of aliphatic carboxylic acids is 1. The summed E-state index contributed by atoms with van der Waals surface area (Å²) in [4.78, 5) is 10.7. The maximum absolute atomic E-state index is 13.5. The molecule has 0 spiro atoms. The fourth-order valence-electron chi connectivity index (χ4n) is 2.79. The van der Waals surface area contributed by atoms with Gasteiger partial charge in [0.15, 0.2) is 0 Å². The molecule has 0 heterocycles. The summed E-state index contributed by atoms with van der Waals surface area (Å²) in [5, 5.41) is 18.4. The minimum Gasteiger partial charge on any atom is -0.508 e. The Morgan fingerprint density at radius 3 is 2.28 bits per heavy atom. The van der Waals surface area contributed by atoms with E-state index in [9.17, 15) is 23.1 Å². The van der Waals surface area contributed by atoms with Gasteiger partial charge < -0.3 is 15.9 Å². The normalized spacial score (nSPS) is 13.8. The van der Waals surface area contributed by atoms with Crippen molar-refractivity contribution in [2.24, 2.45) is 5.73 Å². The van der Waals surface area contributed by atoms with E-state index in [0.29, 0.717) is 21.9 Å². The quantitative estimate of drug-likeness (QED) is 0.455. The Labute approximate surface area is 175 Å². The lowest BCUT2D eigenvalue weighted by Gasteiger charge is -2.21. The van der Waals surface area contributed by atoms with Crippen molar-refractivity contribution in [3.05, 3.63) is 53.1 Å². The molecule has 0 radical (unpaired) electrons. The van der Waals surface area contributed by atoms with E-state index >= 15 is 0 Å². The highest BCUT2D eigenvalue weighted by molar-refractivity contribution is 7.99. The highest BCUT2D eigenvalue weighted by Gasteiger charge is 2.40. The number of phenolic OH excluding ortho intramolecular Hbond substituents is 1. The first-order valence-electron chi connectivity index (χ1n) is 8.81. The number of thioether (sulfide) groups is 1. The molecule has 0 amide bonds. The zero-order chi connectivity index (χ0) is 21.6. The first kappa shape index (κ1) is 23.4. The average Bonchev–Trinajstić information content (AvgIpc) is 2.63. The molecule has 0 bridgehead atoms. The van der Waals surface area contributed by atoms with Crippen molar-refractivity contribution >= 4 is 29.3 Å². The molecule has 2 aromatic carbocycles. The molecule has 4 nitrogen and oxygen atoms in total. The van der Waals surface area contributed by atoms with Crippen LogP contribution in [0.25, 0.3) is 11.1 Å². The maximum Gasteiger partial charge on any atom is 0.395 e. The van der Waals surface area contributed by atoms with Gasteiger partial charge in [0.2, 0.25) is 0 Å². The van der Waals surface area contributed by atoms with E-state index in [4.69, 9.17) is 22.4 Å². The topological polar surface area (TPSA) is 83.5 Å². The second-order valence-electron chi connectivity index (χ2n) is 6.51. The fraction of sp³-hybridized carbons (Fsp3) is 0.350. The number of alkyl halides is 3. The van der Waals surface area contributed by atoms with Crippen molar-refractivity contribution in [2.75, 3.05) is 11.5 Å². The molecule has 0 fully saturated rings. The Kier molecular flexibility index (Phi) is 8.24. The number of carbonyl (C=O) groups is 1. The monoisotopic (exact) mass is 447 g/mol. The highest BCUT2D eigenvalue weighted by Crippen LogP contribution is 2.39. The van der Waals surface area contributed by atoms with Gasteiger partial charge in [0.05, 0.1) is 10.9 Å². The molecular weight excluding hydrogens is 427 g/mol. The Bertz CT molecular complexity index is 831. The van der Waals surface area contributed by atoms with E-state index in [-0.39, 0.29) is 29.9 Å². The lowest BCUT2D eigenvalue weighted by molar-refractivity contribution is -0.150. The van der Waals surface area contributed by atoms with Crippen LogP contribution >= 0.6 is 23.4 Å². The van der Waals surface area contributed by atoms with Gasteiger partial charge in [0, 0.05) is 5.56 Å². The van der Waals surface area contributed by atoms with Crippen molar-refractivity contribution in [3.63, 3.8) is 0 Å². The highest BCUT2D eigenvalue weighted by atomic mass is 35.5. The van der Waals surface area contributed by atoms with Crippen LogP contribution in [-0.4, -0.2) is 39.9 Å². The Morgan fingerprint density at radius 1 is 1.10 bits per heavy atom. The summed E-state index contributed by atoms with van der Waals surface area (Å²) >= 11 is 7.35. The molecule has 9 heteroatoms. The molecule has 0 aromatic heterocycles. The second kappa shape index (κ2) is 10.2. The predicted molar refractivity (Wildman–Crippen MR) is 110 cm³/mol. The number of carboxylic acids is 1. The molecule has 2 aromatic rings. The third-order valence-corrected chi connectivity index (χ3v) is 5.77. The first-order chi connectivity index (χ1) is 13.6. The summed E-state index contributed by atoms with van der Waals surface area (Å²) in [5.74, 6) is -2.10. The van der Waals surface area contributed by atoms with Crippen molar-refractivity contribution < 1.29 is 28.2 Å². The van der Waals surface area contributed by atoms with Gasteiger partial charge in [-0.1, -0.05) is 35.9 Å². The van der Waals surface area contributed by atoms with E-state index < -0.39 is 24.1 Å². The summed E-state index contributed by atoms with van der Waals surface area (Å²) in [6.45, 7) is 0. The lowest BCUT2D eigenvalue weighted by Crippen LogP contribution is -2.30. The van der Waals surface area contributed by atoms with Crippen molar-refractivity contribution in [2.45, 2.75) is 31.0 Å². The van der Waals surface area contributed by atoms with E-state index in [1.54, 1.807) is 18.2 Å².